The molecule has 0 N–H and O–H groups in total. The zero-order valence-corrected chi connectivity index (χ0v) is 12.8. The van der Waals surface area contributed by atoms with Crippen molar-refractivity contribution in [2.24, 2.45) is 4.99 Å². The van der Waals surface area contributed by atoms with Gasteiger partial charge in [0.15, 0.2) is 11.5 Å². The number of aliphatic imine (C=N–C) groups is 1. The molecule has 0 fully saturated rings. The lowest BCUT2D eigenvalue weighted by atomic mass is 10.2. The van der Waals surface area contributed by atoms with E-state index in [1.165, 1.54) is 13.4 Å². The van der Waals surface area contributed by atoms with E-state index in [4.69, 9.17) is 4.74 Å². The van der Waals surface area contributed by atoms with Crippen molar-refractivity contribution in [3.63, 3.8) is 0 Å². The molecule has 0 saturated heterocycles. The molecule has 2 aromatic rings. The third-order valence-corrected chi connectivity index (χ3v) is 2.96. The SMILES string of the molecule is C=CCC(C(=O)OC)n1cnc2ncnc(N=CN(C)C)c21. The Balaban J connectivity index is 2.58. The molecule has 2 rings (SSSR count). The predicted molar refractivity (Wildman–Crippen MR) is 83.0 cm³/mol. The van der Waals surface area contributed by atoms with Crippen LogP contribution in [-0.4, -0.2) is 57.9 Å². The van der Waals surface area contributed by atoms with Crippen molar-refractivity contribution < 1.29 is 9.53 Å². The summed E-state index contributed by atoms with van der Waals surface area (Å²) >= 11 is 0. The van der Waals surface area contributed by atoms with Crippen LogP contribution in [0.15, 0.2) is 30.3 Å². The molecule has 0 aromatic carbocycles. The topological polar surface area (TPSA) is 85.5 Å². The van der Waals surface area contributed by atoms with Crippen LogP contribution in [0.1, 0.15) is 12.5 Å². The van der Waals surface area contributed by atoms with Crippen molar-refractivity contribution in [2.45, 2.75) is 12.5 Å². The van der Waals surface area contributed by atoms with Crippen molar-refractivity contribution in [1.29, 1.82) is 0 Å². The van der Waals surface area contributed by atoms with Gasteiger partial charge in [-0.05, 0) is 6.42 Å². The van der Waals surface area contributed by atoms with Crippen LogP contribution < -0.4 is 0 Å². The van der Waals surface area contributed by atoms with Crippen molar-refractivity contribution >= 4 is 29.3 Å². The molecule has 0 spiro atoms. The van der Waals surface area contributed by atoms with Gasteiger partial charge in [0.2, 0.25) is 0 Å². The van der Waals surface area contributed by atoms with Gasteiger partial charge >= 0.3 is 5.97 Å². The summed E-state index contributed by atoms with van der Waals surface area (Å²) in [7, 11) is 5.06. The third-order valence-electron chi connectivity index (χ3n) is 2.96. The molecular weight excluding hydrogens is 284 g/mol. The molecule has 116 valence electrons. The van der Waals surface area contributed by atoms with Gasteiger partial charge in [0.05, 0.1) is 19.8 Å². The fourth-order valence-corrected chi connectivity index (χ4v) is 1.98. The number of carbonyl (C=O) groups is 1. The third kappa shape index (κ3) is 3.11. The van der Waals surface area contributed by atoms with Crippen LogP contribution in [0.2, 0.25) is 0 Å². The van der Waals surface area contributed by atoms with Crippen LogP contribution in [-0.2, 0) is 9.53 Å². The summed E-state index contributed by atoms with van der Waals surface area (Å²) in [5, 5.41) is 0. The minimum absolute atomic E-state index is 0.384. The molecule has 0 bridgehead atoms. The van der Waals surface area contributed by atoms with Crippen LogP contribution in [0.4, 0.5) is 5.82 Å². The normalized spacial score (nSPS) is 12.5. The molecule has 2 aromatic heterocycles. The molecule has 8 nitrogen and oxygen atoms in total. The number of ether oxygens (including phenoxy) is 1. The molecule has 0 saturated carbocycles. The van der Waals surface area contributed by atoms with Gasteiger partial charge in [-0.25, -0.2) is 24.7 Å². The highest BCUT2D eigenvalue weighted by Crippen LogP contribution is 2.26. The van der Waals surface area contributed by atoms with Crippen LogP contribution in [0, 0.1) is 0 Å². The quantitative estimate of drug-likeness (QED) is 0.346. The van der Waals surface area contributed by atoms with Crippen LogP contribution in [0.25, 0.3) is 11.2 Å². The molecule has 22 heavy (non-hydrogen) atoms. The fraction of sp³-hybridized carbons (Fsp3) is 0.357. The van der Waals surface area contributed by atoms with E-state index in [1.54, 1.807) is 28.2 Å². The van der Waals surface area contributed by atoms with Gasteiger partial charge in [0, 0.05) is 14.1 Å². The maximum absolute atomic E-state index is 12.0. The van der Waals surface area contributed by atoms with Crippen LogP contribution >= 0.6 is 0 Å². The van der Waals surface area contributed by atoms with Gasteiger partial charge in [-0.2, -0.15) is 0 Å². The van der Waals surface area contributed by atoms with E-state index in [1.807, 2.05) is 14.1 Å². The molecule has 2 heterocycles. The molecule has 0 amide bonds. The monoisotopic (exact) mass is 302 g/mol. The van der Waals surface area contributed by atoms with Gasteiger partial charge in [-0.3, -0.25) is 0 Å². The summed E-state index contributed by atoms with van der Waals surface area (Å²) in [5.74, 6) is 0.0553. The summed E-state index contributed by atoms with van der Waals surface area (Å²) < 4.78 is 6.52. The molecule has 1 atom stereocenters. The highest BCUT2D eigenvalue weighted by molar-refractivity contribution is 5.85. The number of hydrogen-bond acceptors (Lipinski definition) is 6. The van der Waals surface area contributed by atoms with Crippen molar-refractivity contribution in [1.82, 2.24) is 24.4 Å². The Bertz CT molecular complexity index is 706. The Hall–Kier alpha value is -2.77. The maximum atomic E-state index is 12.0. The number of hydrogen-bond donors (Lipinski definition) is 0. The van der Waals surface area contributed by atoms with E-state index in [0.29, 0.717) is 23.4 Å². The first-order valence-electron chi connectivity index (χ1n) is 6.65. The maximum Gasteiger partial charge on any atom is 0.329 e. The molecule has 0 radical (unpaired) electrons. The Morgan fingerprint density at radius 3 is 2.91 bits per heavy atom. The fourth-order valence-electron chi connectivity index (χ4n) is 1.98. The second kappa shape index (κ2) is 6.79. The summed E-state index contributed by atoms with van der Waals surface area (Å²) in [6.07, 6.45) is 6.62. The first kappa shape index (κ1) is 15.6. The Labute approximate surface area is 128 Å². The smallest absolute Gasteiger partial charge is 0.329 e. The molecule has 0 aliphatic heterocycles. The van der Waals surface area contributed by atoms with Gasteiger partial charge in [0.1, 0.15) is 17.9 Å². The van der Waals surface area contributed by atoms with Crippen LogP contribution in [0.3, 0.4) is 0 Å². The summed E-state index contributed by atoms with van der Waals surface area (Å²) in [5.41, 5.74) is 1.05. The molecule has 0 aliphatic rings. The number of nitrogens with zero attached hydrogens (tertiary/aromatic N) is 6. The van der Waals surface area contributed by atoms with E-state index in [2.05, 4.69) is 26.5 Å². The largest absolute Gasteiger partial charge is 0.467 e. The number of esters is 1. The number of fused-ring (bicyclic) bond motifs is 1. The lowest BCUT2D eigenvalue weighted by Crippen LogP contribution is -2.20. The van der Waals surface area contributed by atoms with Crippen molar-refractivity contribution in [3.8, 4) is 0 Å². The van der Waals surface area contributed by atoms with E-state index in [0.717, 1.165) is 0 Å². The second-order valence-electron chi connectivity index (χ2n) is 4.79. The van der Waals surface area contributed by atoms with Crippen molar-refractivity contribution in [3.05, 3.63) is 25.3 Å². The van der Waals surface area contributed by atoms with Gasteiger partial charge in [-0.15, -0.1) is 6.58 Å². The van der Waals surface area contributed by atoms with E-state index >= 15 is 0 Å². The average Bonchev–Trinajstić information content (AvgIpc) is 2.94. The molecular formula is C14H18N6O2. The van der Waals surface area contributed by atoms with Crippen molar-refractivity contribution in [2.75, 3.05) is 21.2 Å². The molecule has 8 heteroatoms. The summed E-state index contributed by atoms with van der Waals surface area (Å²) in [6, 6.07) is -0.577. The zero-order valence-electron chi connectivity index (χ0n) is 12.8. The minimum atomic E-state index is -0.577. The Kier molecular flexibility index (Phi) is 4.82. The zero-order chi connectivity index (χ0) is 16.1. The average molecular weight is 302 g/mol. The lowest BCUT2D eigenvalue weighted by Gasteiger charge is -2.15. The van der Waals surface area contributed by atoms with E-state index in [-0.39, 0.29) is 5.97 Å². The number of allylic oxidation sites excluding steroid dienone is 1. The highest BCUT2D eigenvalue weighted by Gasteiger charge is 2.23. The van der Waals surface area contributed by atoms with E-state index in [9.17, 15) is 4.79 Å². The summed E-state index contributed by atoms with van der Waals surface area (Å²) in [6.45, 7) is 3.68. The standard InChI is InChI=1S/C14H18N6O2/c1-5-6-10(14(21)22-4)20-9-18-13-11(20)12(15-7-16-13)17-8-19(2)3/h5,7-10H,1,6H2,2-4H3. The first-order chi connectivity index (χ1) is 10.6. The highest BCUT2D eigenvalue weighted by atomic mass is 16.5. The lowest BCUT2D eigenvalue weighted by molar-refractivity contribution is -0.144. The predicted octanol–water partition coefficient (Wildman–Crippen LogP) is 1.34. The van der Waals surface area contributed by atoms with Gasteiger partial charge in [0.25, 0.3) is 0 Å². The molecule has 0 aliphatic carbocycles. The number of carbonyl (C=O) groups excluding carboxylic acids is 1. The number of rotatable bonds is 6. The second-order valence-corrected chi connectivity index (χ2v) is 4.79. The number of imidazole rings is 1. The number of methoxy groups -OCH3 is 1. The van der Waals surface area contributed by atoms with Gasteiger partial charge in [-0.1, -0.05) is 6.08 Å². The minimum Gasteiger partial charge on any atom is -0.467 e. The van der Waals surface area contributed by atoms with Crippen LogP contribution in [0.5, 0.6) is 0 Å². The summed E-state index contributed by atoms with van der Waals surface area (Å²) in [4.78, 5) is 30.6. The Morgan fingerprint density at radius 2 is 2.27 bits per heavy atom. The van der Waals surface area contributed by atoms with Gasteiger partial charge < -0.3 is 14.2 Å². The number of aromatic nitrogens is 4. The van der Waals surface area contributed by atoms with E-state index < -0.39 is 6.04 Å². The molecule has 1 unspecified atom stereocenters. The Morgan fingerprint density at radius 1 is 1.50 bits per heavy atom. The first-order valence-corrected chi connectivity index (χ1v) is 6.65.